The molecular formula is C25H40LiN3O. The minimum Gasteiger partial charge on any atom is -0.395 e. The van der Waals surface area contributed by atoms with Gasteiger partial charge >= 0.3 is 18.9 Å². The van der Waals surface area contributed by atoms with Crippen molar-refractivity contribution in [3.05, 3.63) is 66.6 Å². The van der Waals surface area contributed by atoms with Crippen LogP contribution in [0, 0.1) is 13.8 Å². The molecule has 0 bridgehead atoms. The fourth-order valence-electron chi connectivity index (χ4n) is 2.49. The minimum absolute atomic E-state index is 0. The Labute approximate surface area is 196 Å². The number of aryl methyl sites for hydroxylation is 1. The molecule has 0 saturated heterocycles. The molecule has 0 radical (unpaired) electrons. The van der Waals surface area contributed by atoms with Crippen LogP contribution >= 0.6 is 0 Å². The molecule has 2 aliphatic rings. The summed E-state index contributed by atoms with van der Waals surface area (Å²) in [5.41, 5.74) is 4.09. The standard InChI is InChI=1S/C9H11N.C8H9N.C4H11NO.C4H9.Li/c1-7-6-9(4-5-10-7)8-2-3-8;1-2-7(1)8-3-5-9-6-4-8;1-5(2)3-4-6;1-3-4-2;/h4-6,8H,2-3H2,1H3;3-7H,1-2H2;6H,3-4H2,1-2H3;1,3-4H2,2H3;/q;;;-1;+1. The van der Waals surface area contributed by atoms with Crippen molar-refractivity contribution in [2.75, 3.05) is 27.2 Å². The Hall–Kier alpha value is -1.18. The Bertz CT molecular complexity index is 642. The van der Waals surface area contributed by atoms with E-state index in [1.54, 1.807) is 0 Å². The summed E-state index contributed by atoms with van der Waals surface area (Å²) < 4.78 is 0. The summed E-state index contributed by atoms with van der Waals surface area (Å²) in [4.78, 5) is 10.0. The van der Waals surface area contributed by atoms with Crippen LogP contribution in [0.5, 0.6) is 0 Å². The normalized spacial score (nSPS) is 14.1. The maximum absolute atomic E-state index is 8.20. The van der Waals surface area contributed by atoms with Crippen LogP contribution in [0.4, 0.5) is 0 Å². The van der Waals surface area contributed by atoms with Crippen LogP contribution in [0.1, 0.15) is 74.1 Å². The van der Waals surface area contributed by atoms with E-state index >= 15 is 0 Å². The van der Waals surface area contributed by atoms with Gasteiger partial charge < -0.3 is 16.9 Å². The van der Waals surface area contributed by atoms with Crippen LogP contribution in [0.3, 0.4) is 0 Å². The predicted octanol–water partition coefficient (Wildman–Crippen LogP) is 2.39. The number of rotatable bonds is 5. The summed E-state index contributed by atoms with van der Waals surface area (Å²) in [5.74, 6) is 1.73. The van der Waals surface area contributed by atoms with E-state index in [2.05, 4.69) is 48.1 Å². The molecule has 0 unspecified atom stereocenters. The number of aliphatic hydroxyl groups excluding tert-OH is 1. The van der Waals surface area contributed by atoms with Crippen molar-refractivity contribution in [3.63, 3.8) is 0 Å². The van der Waals surface area contributed by atoms with Gasteiger partial charge in [0.05, 0.1) is 6.61 Å². The van der Waals surface area contributed by atoms with Crippen molar-refractivity contribution in [3.8, 4) is 0 Å². The average molecular weight is 406 g/mol. The van der Waals surface area contributed by atoms with Crippen LogP contribution in [0.25, 0.3) is 0 Å². The topological polar surface area (TPSA) is 49.2 Å². The van der Waals surface area contributed by atoms with Crippen LogP contribution < -0.4 is 18.9 Å². The maximum Gasteiger partial charge on any atom is 1.00 e. The Balaban J connectivity index is 0.000000391. The van der Waals surface area contributed by atoms with Gasteiger partial charge in [-0.15, -0.1) is 0 Å². The van der Waals surface area contributed by atoms with Gasteiger partial charge in [0.15, 0.2) is 0 Å². The van der Waals surface area contributed by atoms with Gasteiger partial charge in [-0.1, -0.05) is 13.3 Å². The number of pyridine rings is 2. The van der Waals surface area contributed by atoms with Crippen molar-refractivity contribution in [1.82, 2.24) is 14.9 Å². The number of nitrogens with zero attached hydrogens (tertiary/aromatic N) is 3. The third-order valence-corrected chi connectivity index (χ3v) is 4.63. The van der Waals surface area contributed by atoms with Crippen molar-refractivity contribution in [1.29, 1.82) is 0 Å². The number of likely N-dealkylation sites (N-methyl/N-ethyl adjacent to an activating group) is 1. The van der Waals surface area contributed by atoms with E-state index in [-0.39, 0.29) is 25.5 Å². The molecular weight excluding hydrogens is 365 g/mol. The van der Waals surface area contributed by atoms with Gasteiger partial charge in [-0.2, -0.15) is 6.42 Å². The number of aromatic nitrogens is 2. The SMILES string of the molecule is CN(C)CCO.Cc1cc(C2CC2)ccn1.[CH2-]CCC.[Li+].c1cc(C2CC2)ccn1. The molecule has 0 aromatic carbocycles. The molecule has 5 heteroatoms. The summed E-state index contributed by atoms with van der Waals surface area (Å²) >= 11 is 0. The predicted molar refractivity (Wildman–Crippen MR) is 123 cm³/mol. The summed E-state index contributed by atoms with van der Waals surface area (Å²) in [7, 11) is 3.85. The zero-order chi connectivity index (χ0) is 21.5. The van der Waals surface area contributed by atoms with E-state index in [4.69, 9.17) is 5.11 Å². The second-order valence-electron chi connectivity index (χ2n) is 7.94. The van der Waals surface area contributed by atoms with Crippen LogP contribution in [0.2, 0.25) is 0 Å². The second-order valence-corrected chi connectivity index (χ2v) is 7.94. The molecule has 2 fully saturated rings. The van der Waals surface area contributed by atoms with E-state index in [1.807, 2.05) is 44.5 Å². The molecule has 2 aromatic heterocycles. The van der Waals surface area contributed by atoms with Gasteiger partial charge in [0, 0.05) is 30.8 Å². The van der Waals surface area contributed by atoms with Gasteiger partial charge in [-0.3, -0.25) is 9.97 Å². The maximum atomic E-state index is 8.20. The van der Waals surface area contributed by atoms with E-state index in [0.717, 1.165) is 30.5 Å². The monoisotopic (exact) mass is 405 g/mol. The number of aliphatic hydroxyl groups is 1. The fraction of sp³-hybridized carbons (Fsp3) is 0.560. The molecule has 0 atom stereocenters. The van der Waals surface area contributed by atoms with Gasteiger partial charge in [0.1, 0.15) is 0 Å². The van der Waals surface area contributed by atoms with Crippen molar-refractivity contribution < 1.29 is 24.0 Å². The minimum atomic E-state index is 0. The fourth-order valence-corrected chi connectivity index (χ4v) is 2.49. The first kappa shape index (κ1) is 28.8. The molecule has 30 heavy (non-hydrogen) atoms. The number of hydrogen-bond acceptors (Lipinski definition) is 4. The summed E-state index contributed by atoms with van der Waals surface area (Å²) in [6.45, 7) is 8.79. The molecule has 0 aliphatic heterocycles. The first-order valence-electron chi connectivity index (χ1n) is 10.9. The Morgan fingerprint density at radius 3 is 1.87 bits per heavy atom. The molecule has 2 heterocycles. The van der Waals surface area contributed by atoms with Crippen molar-refractivity contribution in [2.45, 2.75) is 64.2 Å². The zero-order valence-corrected chi connectivity index (χ0v) is 19.8. The Kier molecular flexibility index (Phi) is 16.8. The molecule has 0 amide bonds. The van der Waals surface area contributed by atoms with E-state index in [9.17, 15) is 0 Å². The van der Waals surface area contributed by atoms with Crippen LogP contribution in [-0.4, -0.2) is 47.2 Å². The summed E-state index contributed by atoms with van der Waals surface area (Å²) in [6.07, 6.45) is 13.4. The molecule has 2 aliphatic carbocycles. The Morgan fingerprint density at radius 1 is 1.00 bits per heavy atom. The summed E-state index contributed by atoms with van der Waals surface area (Å²) in [6, 6.07) is 8.54. The van der Waals surface area contributed by atoms with E-state index in [0.29, 0.717) is 0 Å². The molecule has 4 nitrogen and oxygen atoms in total. The van der Waals surface area contributed by atoms with Crippen molar-refractivity contribution in [2.24, 2.45) is 0 Å². The molecule has 162 valence electrons. The van der Waals surface area contributed by atoms with Crippen LogP contribution in [0.15, 0.2) is 42.9 Å². The van der Waals surface area contributed by atoms with E-state index in [1.165, 1.54) is 43.2 Å². The first-order valence-corrected chi connectivity index (χ1v) is 10.9. The molecule has 2 aromatic rings. The number of unbranched alkanes of at least 4 members (excludes halogenated alkanes) is 1. The molecule has 1 N–H and O–H groups in total. The molecule has 0 spiro atoms. The molecule has 2 saturated carbocycles. The molecule has 4 rings (SSSR count). The van der Waals surface area contributed by atoms with Gasteiger partial charge in [-0.25, -0.2) is 0 Å². The van der Waals surface area contributed by atoms with E-state index < -0.39 is 0 Å². The van der Waals surface area contributed by atoms with Crippen LogP contribution in [-0.2, 0) is 0 Å². The zero-order valence-electron chi connectivity index (χ0n) is 19.8. The third-order valence-electron chi connectivity index (χ3n) is 4.63. The second kappa shape index (κ2) is 17.5. The third kappa shape index (κ3) is 14.7. The smallest absolute Gasteiger partial charge is 0.395 e. The van der Waals surface area contributed by atoms with Crippen molar-refractivity contribution >= 4 is 0 Å². The largest absolute Gasteiger partial charge is 1.00 e. The van der Waals surface area contributed by atoms with Gasteiger partial charge in [0.25, 0.3) is 0 Å². The quantitative estimate of drug-likeness (QED) is 0.613. The first-order chi connectivity index (χ1) is 14.0. The van der Waals surface area contributed by atoms with Gasteiger partial charge in [-0.05, 0) is 93.9 Å². The van der Waals surface area contributed by atoms with Gasteiger partial charge in [0.2, 0.25) is 0 Å². The Morgan fingerprint density at radius 2 is 1.50 bits per heavy atom. The summed E-state index contributed by atoms with van der Waals surface area (Å²) in [5, 5.41) is 8.20. The number of hydrogen-bond donors (Lipinski definition) is 1. The average Bonchev–Trinajstić information content (AvgIpc) is 3.62.